The van der Waals surface area contributed by atoms with Gasteiger partial charge in [0.05, 0.1) is 11.6 Å². The highest BCUT2D eigenvalue weighted by Gasteiger charge is 2.26. The van der Waals surface area contributed by atoms with E-state index in [4.69, 9.17) is 11.6 Å². The van der Waals surface area contributed by atoms with E-state index in [1.807, 2.05) is 6.07 Å². The number of nitrogens with zero attached hydrogens (tertiary/aromatic N) is 2. The van der Waals surface area contributed by atoms with Crippen LogP contribution in [0.4, 0.5) is 0 Å². The molecule has 2 aliphatic rings. The Balaban J connectivity index is 1.89. The Bertz CT molecular complexity index is 698. The summed E-state index contributed by atoms with van der Waals surface area (Å²) in [5.74, 6) is 1.60. The summed E-state index contributed by atoms with van der Waals surface area (Å²) in [7, 11) is 0. The van der Waals surface area contributed by atoms with E-state index in [1.165, 1.54) is 43.4 Å². The molecule has 1 aliphatic heterocycles. The number of H-pyrrole nitrogens is 1. The molecule has 0 aromatic carbocycles. The van der Waals surface area contributed by atoms with Gasteiger partial charge in [-0.1, -0.05) is 30.9 Å². The van der Waals surface area contributed by atoms with Gasteiger partial charge in [0.2, 0.25) is 0 Å². The summed E-state index contributed by atoms with van der Waals surface area (Å²) in [5.41, 5.74) is 3.42. The first-order valence-corrected chi connectivity index (χ1v) is 8.16. The molecule has 0 bridgehead atoms. The Labute approximate surface area is 129 Å². The molecule has 1 aliphatic carbocycles. The lowest BCUT2D eigenvalue weighted by Crippen LogP contribution is -2.21. The largest absolute Gasteiger partial charge is 0.368 e. The molecule has 2 aromatic heterocycles. The van der Waals surface area contributed by atoms with E-state index >= 15 is 0 Å². The highest BCUT2D eigenvalue weighted by molar-refractivity contribution is 6.31. The van der Waals surface area contributed by atoms with Crippen molar-refractivity contribution in [3.63, 3.8) is 0 Å². The number of aliphatic imine (C=N–C) groups is 1. The molecule has 3 heterocycles. The van der Waals surface area contributed by atoms with Crippen LogP contribution in [0.3, 0.4) is 0 Å². The first kappa shape index (κ1) is 13.1. The Morgan fingerprint density at radius 3 is 2.81 bits per heavy atom. The smallest absolute Gasteiger partial charge is 0.138 e. The lowest BCUT2D eigenvalue weighted by Gasteiger charge is -2.22. The van der Waals surface area contributed by atoms with Gasteiger partial charge in [0, 0.05) is 29.4 Å². The zero-order chi connectivity index (χ0) is 14.2. The van der Waals surface area contributed by atoms with Gasteiger partial charge in [0.15, 0.2) is 0 Å². The van der Waals surface area contributed by atoms with Gasteiger partial charge in [-0.05, 0) is 24.8 Å². The van der Waals surface area contributed by atoms with E-state index < -0.39 is 0 Å². The third-order valence-corrected chi connectivity index (χ3v) is 4.78. The zero-order valence-electron chi connectivity index (χ0n) is 12.0. The van der Waals surface area contributed by atoms with Crippen molar-refractivity contribution in [3.05, 3.63) is 28.5 Å². The van der Waals surface area contributed by atoms with Crippen LogP contribution in [-0.4, -0.2) is 28.9 Å². The molecule has 2 aromatic rings. The van der Waals surface area contributed by atoms with Gasteiger partial charge in [-0.3, -0.25) is 4.99 Å². The predicted molar refractivity (Wildman–Crippen MR) is 86.3 cm³/mol. The monoisotopic (exact) mass is 302 g/mol. The van der Waals surface area contributed by atoms with Crippen LogP contribution in [0.2, 0.25) is 5.02 Å². The van der Waals surface area contributed by atoms with Gasteiger partial charge in [0.1, 0.15) is 11.5 Å². The molecule has 1 saturated carbocycles. The number of hydrogen-bond donors (Lipinski definition) is 2. The highest BCUT2D eigenvalue weighted by atomic mass is 35.5. The maximum absolute atomic E-state index is 6.16. The summed E-state index contributed by atoms with van der Waals surface area (Å²) >= 11 is 6.16. The number of pyridine rings is 1. The standard InChI is InChI=1S/C16H19ClN4/c17-11-8-12-13(16-18-6-7-19-16)14(21-15(12)20-9-11)10-4-2-1-3-5-10/h8-10H,1-7H2,(H,18,19)(H,20,21). The van der Waals surface area contributed by atoms with E-state index in [1.54, 1.807) is 6.20 Å². The van der Waals surface area contributed by atoms with E-state index in [2.05, 4.69) is 20.3 Å². The van der Waals surface area contributed by atoms with Crippen molar-refractivity contribution in [1.29, 1.82) is 0 Å². The summed E-state index contributed by atoms with van der Waals surface area (Å²) in [6, 6.07) is 2.00. The molecule has 0 atom stereocenters. The van der Waals surface area contributed by atoms with Crippen LogP contribution in [0.25, 0.3) is 11.0 Å². The van der Waals surface area contributed by atoms with Gasteiger partial charge in [-0.25, -0.2) is 4.98 Å². The van der Waals surface area contributed by atoms with E-state index in [0.29, 0.717) is 10.9 Å². The summed E-state index contributed by atoms with van der Waals surface area (Å²) in [5, 5.41) is 5.18. The van der Waals surface area contributed by atoms with Crippen molar-refractivity contribution in [2.75, 3.05) is 13.1 Å². The number of aromatic amines is 1. The quantitative estimate of drug-likeness (QED) is 0.890. The first-order chi connectivity index (χ1) is 10.3. The van der Waals surface area contributed by atoms with E-state index in [0.717, 1.165) is 30.0 Å². The average Bonchev–Trinajstić information content (AvgIpc) is 3.14. The molecule has 0 amide bonds. The first-order valence-electron chi connectivity index (χ1n) is 7.79. The minimum atomic E-state index is 0.590. The van der Waals surface area contributed by atoms with Crippen molar-refractivity contribution in [2.24, 2.45) is 4.99 Å². The lowest BCUT2D eigenvalue weighted by atomic mass is 9.85. The molecule has 0 spiro atoms. The van der Waals surface area contributed by atoms with E-state index in [9.17, 15) is 0 Å². The summed E-state index contributed by atoms with van der Waals surface area (Å²) < 4.78 is 0. The summed E-state index contributed by atoms with van der Waals surface area (Å²) in [4.78, 5) is 12.6. The fraction of sp³-hybridized carbons (Fsp3) is 0.500. The fourth-order valence-electron chi connectivity index (χ4n) is 3.58. The lowest BCUT2D eigenvalue weighted by molar-refractivity contribution is 0.438. The minimum Gasteiger partial charge on any atom is -0.368 e. The van der Waals surface area contributed by atoms with Crippen LogP contribution >= 0.6 is 11.6 Å². The molecule has 0 saturated heterocycles. The second kappa shape index (κ2) is 5.34. The third kappa shape index (κ3) is 2.31. The second-order valence-corrected chi connectivity index (χ2v) is 6.39. The maximum Gasteiger partial charge on any atom is 0.138 e. The van der Waals surface area contributed by atoms with Gasteiger partial charge in [-0.2, -0.15) is 0 Å². The fourth-order valence-corrected chi connectivity index (χ4v) is 3.74. The Morgan fingerprint density at radius 1 is 1.19 bits per heavy atom. The van der Waals surface area contributed by atoms with Crippen molar-refractivity contribution in [3.8, 4) is 0 Å². The molecule has 1 fully saturated rings. The zero-order valence-corrected chi connectivity index (χ0v) is 12.7. The number of fused-ring (bicyclic) bond motifs is 1. The van der Waals surface area contributed by atoms with Crippen molar-refractivity contribution in [1.82, 2.24) is 15.3 Å². The molecule has 0 unspecified atom stereocenters. The van der Waals surface area contributed by atoms with Gasteiger partial charge in [-0.15, -0.1) is 0 Å². The van der Waals surface area contributed by atoms with Crippen LogP contribution in [0.5, 0.6) is 0 Å². The van der Waals surface area contributed by atoms with Crippen LogP contribution in [0, 0.1) is 0 Å². The summed E-state index contributed by atoms with van der Waals surface area (Å²) in [6.45, 7) is 1.76. The van der Waals surface area contributed by atoms with Crippen molar-refractivity contribution >= 4 is 28.5 Å². The van der Waals surface area contributed by atoms with Crippen molar-refractivity contribution in [2.45, 2.75) is 38.0 Å². The van der Waals surface area contributed by atoms with Crippen LogP contribution < -0.4 is 5.32 Å². The topological polar surface area (TPSA) is 53.1 Å². The summed E-state index contributed by atoms with van der Waals surface area (Å²) in [6.07, 6.45) is 8.19. The Kier molecular flexibility index (Phi) is 3.34. The van der Waals surface area contributed by atoms with Gasteiger partial charge in [0.25, 0.3) is 0 Å². The number of rotatable bonds is 2. The predicted octanol–water partition coefficient (Wildman–Crippen LogP) is 3.61. The Morgan fingerprint density at radius 2 is 2.05 bits per heavy atom. The number of halogens is 1. The SMILES string of the molecule is Clc1cnc2[nH]c(C3CCCCC3)c(C3=NCCN3)c2c1. The minimum absolute atomic E-state index is 0.590. The number of aromatic nitrogens is 2. The van der Waals surface area contributed by atoms with E-state index in [-0.39, 0.29) is 0 Å². The number of amidine groups is 1. The highest BCUT2D eigenvalue weighted by Crippen LogP contribution is 2.37. The molecule has 110 valence electrons. The molecule has 4 nitrogen and oxygen atoms in total. The molecule has 0 radical (unpaired) electrons. The molecular formula is C16H19ClN4. The maximum atomic E-state index is 6.16. The average molecular weight is 303 g/mol. The van der Waals surface area contributed by atoms with Gasteiger partial charge >= 0.3 is 0 Å². The van der Waals surface area contributed by atoms with Crippen LogP contribution in [-0.2, 0) is 0 Å². The molecule has 4 rings (SSSR count). The van der Waals surface area contributed by atoms with Crippen molar-refractivity contribution < 1.29 is 0 Å². The van der Waals surface area contributed by atoms with Gasteiger partial charge < -0.3 is 10.3 Å². The Hall–Kier alpha value is -1.55. The third-order valence-electron chi connectivity index (χ3n) is 4.57. The number of hydrogen-bond acceptors (Lipinski definition) is 3. The number of nitrogens with one attached hydrogen (secondary N) is 2. The molecular weight excluding hydrogens is 284 g/mol. The second-order valence-electron chi connectivity index (χ2n) is 5.96. The molecule has 5 heteroatoms. The van der Waals surface area contributed by atoms with Crippen LogP contribution in [0.1, 0.15) is 49.3 Å². The normalized spacial score (nSPS) is 19.8. The molecule has 21 heavy (non-hydrogen) atoms. The van der Waals surface area contributed by atoms with Crippen LogP contribution in [0.15, 0.2) is 17.3 Å². The molecule has 2 N–H and O–H groups in total.